The fourth-order valence-electron chi connectivity index (χ4n) is 3.09. The Labute approximate surface area is 154 Å². The topological polar surface area (TPSA) is 72.8 Å². The molecule has 1 saturated carbocycles. The summed E-state index contributed by atoms with van der Waals surface area (Å²) in [5.41, 5.74) is 0.712. The summed E-state index contributed by atoms with van der Waals surface area (Å²) in [6.07, 6.45) is 10.7. The molecule has 2 atom stereocenters. The van der Waals surface area contributed by atoms with Crippen LogP contribution in [0.3, 0.4) is 0 Å². The van der Waals surface area contributed by atoms with Gasteiger partial charge in [0.15, 0.2) is 23.1 Å². The van der Waals surface area contributed by atoms with Crippen LogP contribution in [0.1, 0.15) is 37.7 Å². The van der Waals surface area contributed by atoms with Gasteiger partial charge in [-0.25, -0.2) is 0 Å². The quantitative estimate of drug-likeness (QED) is 0.566. The number of carbonyl (C=O) groups is 2. The highest BCUT2D eigenvalue weighted by Gasteiger charge is 2.19. The normalized spacial score (nSPS) is 20.5. The summed E-state index contributed by atoms with van der Waals surface area (Å²) in [6.45, 7) is 0. The van der Waals surface area contributed by atoms with Crippen LogP contribution < -0.4 is 4.74 Å². The molecule has 0 radical (unpaired) electrons. The highest BCUT2D eigenvalue weighted by molar-refractivity contribution is 6.09. The van der Waals surface area contributed by atoms with Crippen molar-refractivity contribution in [2.45, 2.75) is 38.2 Å². The molecule has 2 rings (SSSR count). The lowest BCUT2D eigenvalue weighted by atomic mass is 9.86. The van der Waals surface area contributed by atoms with Crippen LogP contribution >= 0.6 is 0 Å². The van der Waals surface area contributed by atoms with Crippen LogP contribution in [0.25, 0.3) is 6.08 Å². The molecule has 1 aliphatic rings. The van der Waals surface area contributed by atoms with Crippen molar-refractivity contribution < 1.29 is 24.2 Å². The highest BCUT2D eigenvalue weighted by atomic mass is 16.5. The maximum atomic E-state index is 12.0. The zero-order chi connectivity index (χ0) is 18.9. The number of ether oxygens (including phenoxy) is 2. The van der Waals surface area contributed by atoms with Gasteiger partial charge < -0.3 is 14.6 Å². The third-order valence-corrected chi connectivity index (χ3v) is 4.57. The fraction of sp³-hybridized carbons (Fsp3) is 0.429. The number of allylic oxidation sites excluding steroid dienone is 3. The lowest BCUT2D eigenvalue weighted by Gasteiger charge is -2.25. The Morgan fingerprint density at radius 2 is 1.96 bits per heavy atom. The minimum atomic E-state index is -0.259. The molecule has 0 amide bonds. The molecule has 1 fully saturated rings. The van der Waals surface area contributed by atoms with E-state index in [4.69, 9.17) is 9.47 Å². The first kappa shape index (κ1) is 19.9. The van der Waals surface area contributed by atoms with Crippen LogP contribution in [-0.4, -0.2) is 37.0 Å². The maximum Gasteiger partial charge on any atom is 0.163 e. The first-order valence-electron chi connectivity index (χ1n) is 8.83. The zero-order valence-electron chi connectivity index (χ0n) is 15.3. The SMILES string of the molecule is COc1cc(/C=C/C(=O)CC(=O)/C=C/C2CCCC(OC)C2)ccc1O. The number of ketones is 2. The minimum absolute atomic E-state index is 0.0368. The van der Waals surface area contributed by atoms with Crippen LogP contribution in [0.5, 0.6) is 11.5 Å². The second-order valence-corrected chi connectivity index (χ2v) is 6.52. The Bertz CT molecular complexity index is 690. The molecule has 0 saturated heterocycles. The van der Waals surface area contributed by atoms with Crippen LogP contribution in [-0.2, 0) is 14.3 Å². The van der Waals surface area contributed by atoms with Crippen LogP contribution in [0.15, 0.2) is 36.4 Å². The number of phenolic OH excluding ortho intramolecular Hbond substituents is 1. The summed E-state index contributed by atoms with van der Waals surface area (Å²) in [4.78, 5) is 23.9. The van der Waals surface area contributed by atoms with Gasteiger partial charge in [0.2, 0.25) is 0 Å². The van der Waals surface area contributed by atoms with Crippen molar-refractivity contribution in [1.29, 1.82) is 0 Å². The van der Waals surface area contributed by atoms with Gasteiger partial charge in [-0.1, -0.05) is 24.6 Å². The van der Waals surface area contributed by atoms with Crippen molar-refractivity contribution in [3.63, 3.8) is 0 Å². The van der Waals surface area contributed by atoms with E-state index in [1.807, 2.05) is 6.08 Å². The van der Waals surface area contributed by atoms with Gasteiger partial charge in [-0.3, -0.25) is 9.59 Å². The highest BCUT2D eigenvalue weighted by Crippen LogP contribution is 2.27. The molecule has 1 N–H and O–H groups in total. The van der Waals surface area contributed by atoms with E-state index in [0.29, 0.717) is 17.2 Å². The third-order valence-electron chi connectivity index (χ3n) is 4.57. The molecule has 1 aromatic rings. The van der Waals surface area contributed by atoms with Crippen molar-refractivity contribution in [2.24, 2.45) is 5.92 Å². The Kier molecular flexibility index (Phi) is 7.60. The van der Waals surface area contributed by atoms with Crippen LogP contribution in [0, 0.1) is 5.92 Å². The summed E-state index contributed by atoms with van der Waals surface area (Å²) in [5.74, 6) is 0.260. The van der Waals surface area contributed by atoms with E-state index >= 15 is 0 Å². The van der Waals surface area contributed by atoms with Crippen LogP contribution in [0.2, 0.25) is 0 Å². The van der Waals surface area contributed by atoms with E-state index < -0.39 is 0 Å². The summed E-state index contributed by atoms with van der Waals surface area (Å²) in [7, 11) is 3.18. The molecular weight excluding hydrogens is 332 g/mol. The summed E-state index contributed by atoms with van der Waals surface area (Å²) >= 11 is 0. The van der Waals surface area contributed by atoms with Gasteiger partial charge in [0.25, 0.3) is 0 Å². The third kappa shape index (κ3) is 6.15. The molecule has 140 valence electrons. The molecule has 5 heteroatoms. The predicted octanol–water partition coefficient (Wildman–Crippen LogP) is 3.70. The largest absolute Gasteiger partial charge is 0.504 e. The van der Waals surface area contributed by atoms with Gasteiger partial charge >= 0.3 is 0 Å². The zero-order valence-corrected chi connectivity index (χ0v) is 15.3. The number of benzene rings is 1. The molecule has 0 aromatic heterocycles. The molecule has 26 heavy (non-hydrogen) atoms. The van der Waals surface area contributed by atoms with Crippen molar-refractivity contribution in [2.75, 3.05) is 14.2 Å². The van der Waals surface area contributed by atoms with Crippen molar-refractivity contribution in [3.8, 4) is 11.5 Å². The second-order valence-electron chi connectivity index (χ2n) is 6.52. The van der Waals surface area contributed by atoms with Gasteiger partial charge in [-0.15, -0.1) is 0 Å². The smallest absolute Gasteiger partial charge is 0.163 e. The lowest BCUT2D eigenvalue weighted by Crippen LogP contribution is -2.20. The average Bonchev–Trinajstić information content (AvgIpc) is 2.66. The first-order chi connectivity index (χ1) is 12.5. The number of methoxy groups -OCH3 is 2. The van der Waals surface area contributed by atoms with E-state index in [1.54, 1.807) is 25.3 Å². The number of carbonyl (C=O) groups excluding carboxylic acids is 2. The molecular formula is C21H26O5. The molecule has 0 bridgehead atoms. The summed E-state index contributed by atoms with van der Waals surface area (Å²) in [6, 6.07) is 4.78. The Balaban J connectivity index is 1.85. The minimum Gasteiger partial charge on any atom is -0.504 e. The van der Waals surface area contributed by atoms with Gasteiger partial charge in [0.05, 0.1) is 19.6 Å². The Morgan fingerprint density at radius 3 is 2.69 bits per heavy atom. The van der Waals surface area contributed by atoms with Gasteiger partial charge in [-0.2, -0.15) is 0 Å². The van der Waals surface area contributed by atoms with Gasteiger partial charge in [-0.05, 0) is 55.0 Å². The number of hydrogen-bond donors (Lipinski definition) is 1. The second kappa shape index (κ2) is 9.92. The molecule has 2 unspecified atom stereocenters. The van der Waals surface area contributed by atoms with Crippen molar-refractivity contribution >= 4 is 17.6 Å². The Morgan fingerprint density at radius 1 is 1.19 bits per heavy atom. The number of hydrogen-bond acceptors (Lipinski definition) is 5. The Hall–Kier alpha value is -2.40. The van der Waals surface area contributed by atoms with Crippen LogP contribution in [0.4, 0.5) is 0 Å². The molecule has 1 aliphatic carbocycles. The maximum absolute atomic E-state index is 12.0. The fourth-order valence-corrected chi connectivity index (χ4v) is 3.09. The number of rotatable bonds is 8. The molecule has 0 spiro atoms. The monoisotopic (exact) mass is 358 g/mol. The molecule has 5 nitrogen and oxygen atoms in total. The summed E-state index contributed by atoms with van der Waals surface area (Å²) < 4.78 is 10.4. The molecule has 0 aliphatic heterocycles. The van der Waals surface area contributed by atoms with Crippen molar-refractivity contribution in [1.82, 2.24) is 0 Å². The van der Waals surface area contributed by atoms with Gasteiger partial charge in [0, 0.05) is 7.11 Å². The number of aromatic hydroxyl groups is 1. The summed E-state index contributed by atoms with van der Waals surface area (Å²) in [5, 5.41) is 9.55. The average molecular weight is 358 g/mol. The number of phenols is 1. The van der Waals surface area contributed by atoms with E-state index in [0.717, 1.165) is 25.7 Å². The first-order valence-corrected chi connectivity index (χ1v) is 8.83. The van der Waals surface area contributed by atoms with E-state index in [2.05, 4.69) is 0 Å². The van der Waals surface area contributed by atoms with E-state index in [9.17, 15) is 14.7 Å². The lowest BCUT2D eigenvalue weighted by molar-refractivity contribution is -0.121. The van der Waals surface area contributed by atoms with Gasteiger partial charge in [0.1, 0.15) is 0 Å². The molecule has 0 heterocycles. The van der Waals surface area contributed by atoms with E-state index in [-0.39, 0.29) is 29.8 Å². The molecule has 1 aromatic carbocycles. The standard InChI is InChI=1S/C21H26O5/c1-25-19-5-3-4-15(12-19)6-9-17(22)14-18(23)10-7-16-8-11-20(24)21(13-16)26-2/h6-11,13,15,19,24H,3-5,12,14H2,1-2H3/b9-6+,10-7+. The predicted molar refractivity (Wildman–Crippen MR) is 100 cm³/mol. The van der Waals surface area contributed by atoms with Crippen molar-refractivity contribution in [3.05, 3.63) is 42.0 Å². The van der Waals surface area contributed by atoms with E-state index in [1.165, 1.54) is 25.3 Å².